The Morgan fingerprint density at radius 1 is 1.12 bits per heavy atom. The van der Waals surface area contributed by atoms with Gasteiger partial charge in [0.25, 0.3) is 5.91 Å². The molecule has 2 aromatic carbocycles. The summed E-state index contributed by atoms with van der Waals surface area (Å²) in [5, 5.41) is 3.03. The number of anilines is 1. The highest BCUT2D eigenvalue weighted by atomic mass is 35.5. The lowest BCUT2D eigenvalue weighted by Crippen LogP contribution is -2.29. The van der Waals surface area contributed by atoms with E-state index in [1.165, 1.54) is 31.2 Å². The minimum atomic E-state index is -0.884. The second-order valence-electron chi connectivity index (χ2n) is 4.88. The molecule has 1 amide bonds. The van der Waals surface area contributed by atoms with Crippen LogP contribution in [0.1, 0.15) is 6.92 Å². The number of amides is 1. The quantitative estimate of drug-likeness (QED) is 0.810. The van der Waals surface area contributed by atoms with E-state index in [9.17, 15) is 14.0 Å². The number of rotatable bonds is 6. The second-order valence-corrected chi connectivity index (χ2v) is 5.31. The maximum Gasteiger partial charge on any atom is 0.347 e. The largest absolute Gasteiger partial charge is 0.479 e. The van der Waals surface area contributed by atoms with Gasteiger partial charge in [-0.1, -0.05) is 11.6 Å². The van der Waals surface area contributed by atoms with Gasteiger partial charge < -0.3 is 14.8 Å². The molecule has 1 atom stereocenters. The zero-order valence-corrected chi connectivity index (χ0v) is 13.5. The number of esters is 1. The van der Waals surface area contributed by atoms with Gasteiger partial charge in [0, 0.05) is 10.7 Å². The highest BCUT2D eigenvalue weighted by Gasteiger charge is 2.17. The summed E-state index contributed by atoms with van der Waals surface area (Å²) < 4.78 is 23.0. The van der Waals surface area contributed by atoms with Gasteiger partial charge in [-0.15, -0.1) is 0 Å². The van der Waals surface area contributed by atoms with Crippen LogP contribution < -0.4 is 10.1 Å². The van der Waals surface area contributed by atoms with Gasteiger partial charge in [-0.2, -0.15) is 0 Å². The van der Waals surface area contributed by atoms with Gasteiger partial charge in [0.1, 0.15) is 11.6 Å². The molecule has 2 rings (SSSR count). The van der Waals surface area contributed by atoms with Gasteiger partial charge >= 0.3 is 5.97 Å². The predicted octanol–water partition coefficient (Wildman–Crippen LogP) is 3.43. The van der Waals surface area contributed by atoms with Crippen molar-refractivity contribution in [2.45, 2.75) is 13.0 Å². The molecule has 126 valence electrons. The Labute approximate surface area is 143 Å². The van der Waals surface area contributed by atoms with Gasteiger partial charge in [-0.3, -0.25) is 4.79 Å². The third kappa shape index (κ3) is 5.55. The fourth-order valence-corrected chi connectivity index (χ4v) is 1.88. The van der Waals surface area contributed by atoms with Crippen molar-refractivity contribution in [3.8, 4) is 5.75 Å². The Morgan fingerprint density at radius 3 is 2.38 bits per heavy atom. The fourth-order valence-electron chi connectivity index (χ4n) is 1.75. The molecule has 0 radical (unpaired) electrons. The van der Waals surface area contributed by atoms with E-state index in [0.717, 1.165) is 0 Å². The van der Waals surface area contributed by atoms with Gasteiger partial charge in [-0.05, 0) is 55.5 Å². The summed E-state index contributed by atoms with van der Waals surface area (Å²) in [6, 6.07) is 11.7. The molecule has 0 aliphatic heterocycles. The van der Waals surface area contributed by atoms with Crippen LogP contribution in [0.5, 0.6) is 5.75 Å². The number of nitrogens with one attached hydrogen (secondary N) is 1. The van der Waals surface area contributed by atoms with Crippen LogP contribution in [0.25, 0.3) is 0 Å². The van der Waals surface area contributed by atoms with Crippen LogP contribution >= 0.6 is 11.6 Å². The molecule has 0 saturated heterocycles. The predicted molar refractivity (Wildman–Crippen MR) is 87.5 cm³/mol. The van der Waals surface area contributed by atoms with Gasteiger partial charge in [0.15, 0.2) is 12.7 Å². The molecule has 2 aromatic rings. The van der Waals surface area contributed by atoms with E-state index in [0.29, 0.717) is 16.5 Å². The van der Waals surface area contributed by atoms with Crippen LogP contribution in [0.3, 0.4) is 0 Å². The SMILES string of the molecule is C[C@@H](Oc1ccc(Cl)cc1)C(=O)OCC(=O)Nc1ccc(F)cc1. The first-order valence-electron chi connectivity index (χ1n) is 7.08. The summed E-state index contributed by atoms with van der Waals surface area (Å²) in [6.45, 7) is 1.04. The fraction of sp³-hybridized carbons (Fsp3) is 0.176. The van der Waals surface area contributed by atoms with Crippen LogP contribution in [-0.4, -0.2) is 24.6 Å². The third-order valence-corrected chi connectivity index (χ3v) is 3.18. The summed E-state index contributed by atoms with van der Waals surface area (Å²) >= 11 is 5.76. The minimum Gasteiger partial charge on any atom is -0.479 e. The number of hydrogen-bond acceptors (Lipinski definition) is 4. The van der Waals surface area contributed by atoms with Gasteiger partial charge in [0.2, 0.25) is 0 Å². The molecule has 0 spiro atoms. The number of benzene rings is 2. The van der Waals surface area contributed by atoms with Crippen molar-refractivity contribution >= 4 is 29.2 Å². The normalized spacial score (nSPS) is 11.5. The summed E-state index contributed by atoms with van der Waals surface area (Å²) in [4.78, 5) is 23.5. The molecular weight excluding hydrogens is 337 g/mol. The monoisotopic (exact) mass is 351 g/mol. The summed E-state index contributed by atoms with van der Waals surface area (Å²) in [5.74, 6) is -1.17. The maximum atomic E-state index is 12.8. The Kier molecular flexibility index (Phi) is 6.14. The molecule has 0 heterocycles. The van der Waals surface area contributed by atoms with Gasteiger partial charge in [0.05, 0.1) is 0 Å². The Balaban J connectivity index is 1.77. The number of carbonyl (C=O) groups excluding carboxylic acids is 2. The summed E-state index contributed by atoms with van der Waals surface area (Å²) in [7, 11) is 0. The van der Waals surface area contributed by atoms with Crippen LogP contribution in [0.4, 0.5) is 10.1 Å². The average molecular weight is 352 g/mol. The standard InChI is InChI=1S/C17H15ClFNO4/c1-11(24-15-8-2-12(18)3-9-15)17(22)23-10-16(21)20-14-6-4-13(19)5-7-14/h2-9,11H,10H2,1H3,(H,20,21)/t11-/m1/s1. The highest BCUT2D eigenvalue weighted by Crippen LogP contribution is 2.17. The van der Waals surface area contributed by atoms with Crippen molar-refractivity contribution in [3.63, 3.8) is 0 Å². The van der Waals surface area contributed by atoms with E-state index >= 15 is 0 Å². The third-order valence-electron chi connectivity index (χ3n) is 2.93. The molecule has 0 aliphatic rings. The molecule has 0 bridgehead atoms. The van der Waals surface area contributed by atoms with E-state index in [4.69, 9.17) is 21.1 Å². The van der Waals surface area contributed by atoms with Crippen molar-refractivity contribution in [3.05, 3.63) is 59.4 Å². The summed E-state index contributed by atoms with van der Waals surface area (Å²) in [6.07, 6.45) is -0.884. The van der Waals surface area contributed by atoms with Crippen molar-refractivity contribution in [2.75, 3.05) is 11.9 Å². The molecule has 0 aliphatic carbocycles. The smallest absolute Gasteiger partial charge is 0.347 e. The van der Waals surface area contributed by atoms with Crippen LogP contribution in [0, 0.1) is 5.82 Å². The second kappa shape index (κ2) is 8.31. The zero-order valence-electron chi connectivity index (χ0n) is 12.8. The number of hydrogen-bond donors (Lipinski definition) is 1. The lowest BCUT2D eigenvalue weighted by molar-refractivity contribution is -0.153. The van der Waals surface area contributed by atoms with Crippen molar-refractivity contribution in [2.24, 2.45) is 0 Å². The molecule has 0 unspecified atom stereocenters. The first-order valence-corrected chi connectivity index (χ1v) is 7.46. The maximum absolute atomic E-state index is 12.8. The molecule has 24 heavy (non-hydrogen) atoms. The topological polar surface area (TPSA) is 64.6 Å². The molecule has 5 nitrogen and oxygen atoms in total. The van der Waals surface area contributed by atoms with Gasteiger partial charge in [-0.25, -0.2) is 9.18 Å². The minimum absolute atomic E-state index is 0.405. The Morgan fingerprint density at radius 2 is 1.75 bits per heavy atom. The molecule has 7 heteroatoms. The first kappa shape index (κ1) is 17.7. The van der Waals surface area contributed by atoms with Crippen LogP contribution in [0.15, 0.2) is 48.5 Å². The lowest BCUT2D eigenvalue weighted by atomic mass is 10.3. The molecule has 0 fully saturated rings. The zero-order chi connectivity index (χ0) is 17.5. The van der Waals surface area contributed by atoms with Crippen LogP contribution in [0.2, 0.25) is 5.02 Å². The highest BCUT2D eigenvalue weighted by molar-refractivity contribution is 6.30. The van der Waals surface area contributed by atoms with E-state index in [2.05, 4.69) is 5.32 Å². The first-order chi connectivity index (χ1) is 11.4. The molecule has 0 saturated carbocycles. The Hall–Kier alpha value is -2.60. The molecule has 1 N–H and O–H groups in total. The van der Waals surface area contributed by atoms with E-state index in [1.54, 1.807) is 24.3 Å². The van der Waals surface area contributed by atoms with E-state index < -0.39 is 30.4 Å². The van der Waals surface area contributed by atoms with E-state index in [1.807, 2.05) is 0 Å². The van der Waals surface area contributed by atoms with E-state index in [-0.39, 0.29) is 0 Å². The molecular formula is C17H15ClFNO4. The lowest BCUT2D eigenvalue weighted by Gasteiger charge is -2.14. The number of ether oxygens (including phenoxy) is 2. The molecule has 0 aromatic heterocycles. The Bertz CT molecular complexity index is 704. The average Bonchev–Trinajstić information content (AvgIpc) is 2.57. The van der Waals surface area contributed by atoms with Crippen molar-refractivity contribution < 1.29 is 23.5 Å². The van der Waals surface area contributed by atoms with Crippen molar-refractivity contribution in [1.82, 2.24) is 0 Å². The summed E-state index contributed by atoms with van der Waals surface area (Å²) in [5.41, 5.74) is 0.405. The van der Waals surface area contributed by atoms with Crippen molar-refractivity contribution in [1.29, 1.82) is 0 Å². The number of carbonyl (C=O) groups is 2. The van der Waals surface area contributed by atoms with Crippen LogP contribution in [-0.2, 0) is 14.3 Å². The number of halogens is 2.